The molecule has 2 aromatic carbocycles. The molecule has 1 heterocycles. The number of hydrogen-bond acceptors (Lipinski definition) is 2. The van der Waals surface area contributed by atoms with E-state index in [2.05, 4.69) is 0 Å². The second kappa shape index (κ2) is 6.48. The Morgan fingerprint density at radius 2 is 1.77 bits per heavy atom. The molecule has 112 valence electrons. The van der Waals surface area contributed by atoms with Gasteiger partial charge in [-0.15, -0.1) is 0 Å². The average molecular weight is 293 g/mol. The molecule has 0 saturated carbocycles. The van der Waals surface area contributed by atoms with Crippen molar-refractivity contribution in [1.82, 2.24) is 0 Å². The Morgan fingerprint density at radius 3 is 2.41 bits per heavy atom. The molecule has 3 nitrogen and oxygen atoms in total. The molecule has 1 aliphatic rings. The van der Waals surface area contributed by atoms with Gasteiger partial charge in [0, 0.05) is 5.69 Å². The maximum Gasteiger partial charge on any atom is 0.229 e. The molecular weight excluding hydrogens is 274 g/mol. The molecule has 0 radical (unpaired) electrons. The lowest BCUT2D eigenvalue weighted by atomic mass is 9.94. The first kappa shape index (κ1) is 14.4. The number of nitrogens with zero attached hydrogens (tertiary/aromatic N) is 1. The van der Waals surface area contributed by atoms with E-state index in [0.717, 1.165) is 16.8 Å². The number of carbonyl (C=O) groups excluding carboxylic acids is 1. The van der Waals surface area contributed by atoms with Crippen LogP contribution in [0.5, 0.6) is 0 Å². The van der Waals surface area contributed by atoms with Crippen LogP contribution in [0.1, 0.15) is 18.9 Å². The van der Waals surface area contributed by atoms with Crippen LogP contribution in [0.4, 0.5) is 5.69 Å². The lowest BCUT2D eigenvalue weighted by Gasteiger charge is -2.41. The zero-order valence-corrected chi connectivity index (χ0v) is 12.6. The van der Waals surface area contributed by atoms with Crippen LogP contribution in [0.3, 0.4) is 0 Å². The summed E-state index contributed by atoms with van der Waals surface area (Å²) in [4.78, 5) is 13.7. The molecule has 1 saturated heterocycles. The fourth-order valence-corrected chi connectivity index (χ4v) is 2.62. The van der Waals surface area contributed by atoms with Gasteiger partial charge in [0.1, 0.15) is 6.61 Å². The quantitative estimate of drug-likeness (QED) is 0.618. The fourth-order valence-electron chi connectivity index (χ4n) is 2.62. The molecule has 0 spiro atoms. The first-order chi connectivity index (χ1) is 10.8. The lowest BCUT2D eigenvalue weighted by molar-refractivity contribution is -0.123. The monoisotopic (exact) mass is 293 g/mol. The minimum Gasteiger partial charge on any atom is -0.496 e. The summed E-state index contributed by atoms with van der Waals surface area (Å²) < 4.78 is 5.66. The minimum absolute atomic E-state index is 0.102. The first-order valence-corrected chi connectivity index (χ1v) is 7.45. The largest absolute Gasteiger partial charge is 0.496 e. The maximum atomic E-state index is 11.9. The molecule has 0 N–H and O–H groups in total. The smallest absolute Gasteiger partial charge is 0.229 e. The van der Waals surface area contributed by atoms with Crippen molar-refractivity contribution in [2.45, 2.75) is 26.0 Å². The predicted octanol–water partition coefficient (Wildman–Crippen LogP) is 3.91. The summed E-state index contributed by atoms with van der Waals surface area (Å²) in [6.07, 6.45) is 2.33. The Kier molecular flexibility index (Phi) is 4.24. The summed E-state index contributed by atoms with van der Waals surface area (Å²) in [6.45, 7) is 2.56. The molecule has 1 amide bonds. The molecular formula is C19H19NO2. The number of benzene rings is 2. The molecule has 3 heteroatoms. The lowest BCUT2D eigenvalue weighted by Crippen LogP contribution is -2.53. The molecule has 2 aromatic rings. The number of ether oxygens (including phenoxy) is 1. The number of amides is 1. The van der Waals surface area contributed by atoms with Gasteiger partial charge < -0.3 is 9.64 Å². The maximum absolute atomic E-state index is 11.9. The highest BCUT2D eigenvalue weighted by atomic mass is 16.5. The van der Waals surface area contributed by atoms with E-state index in [4.69, 9.17) is 4.74 Å². The van der Waals surface area contributed by atoms with E-state index in [0.29, 0.717) is 13.0 Å². The summed E-state index contributed by atoms with van der Waals surface area (Å²) in [6, 6.07) is 19.9. The van der Waals surface area contributed by atoms with Crippen molar-refractivity contribution in [2.24, 2.45) is 0 Å². The summed E-state index contributed by atoms with van der Waals surface area (Å²) >= 11 is 0. The van der Waals surface area contributed by atoms with Gasteiger partial charge in [0.05, 0.1) is 18.7 Å². The van der Waals surface area contributed by atoms with Crippen molar-refractivity contribution in [2.75, 3.05) is 4.90 Å². The van der Waals surface area contributed by atoms with Crippen LogP contribution in [0.25, 0.3) is 0 Å². The molecule has 1 unspecified atom stereocenters. The summed E-state index contributed by atoms with van der Waals surface area (Å²) in [5.41, 5.74) is 3.15. The highest BCUT2D eigenvalue weighted by Crippen LogP contribution is 2.31. The van der Waals surface area contributed by atoms with Crippen molar-refractivity contribution >= 4 is 11.6 Å². The molecule has 0 aromatic heterocycles. The van der Waals surface area contributed by atoms with Gasteiger partial charge in [-0.2, -0.15) is 0 Å². The van der Waals surface area contributed by atoms with Crippen LogP contribution in [-0.4, -0.2) is 11.9 Å². The third-order valence-electron chi connectivity index (χ3n) is 3.87. The number of carbonyl (C=O) groups is 1. The molecule has 3 rings (SSSR count). The Bertz CT molecular complexity index is 664. The second-order valence-electron chi connectivity index (χ2n) is 5.48. The average Bonchev–Trinajstić information content (AvgIpc) is 2.54. The predicted molar refractivity (Wildman–Crippen MR) is 87.3 cm³/mol. The van der Waals surface area contributed by atoms with Gasteiger partial charge in [-0.1, -0.05) is 48.5 Å². The van der Waals surface area contributed by atoms with Gasteiger partial charge in [0.2, 0.25) is 5.91 Å². The van der Waals surface area contributed by atoms with Gasteiger partial charge in [-0.25, -0.2) is 0 Å². The van der Waals surface area contributed by atoms with E-state index in [9.17, 15) is 4.79 Å². The second-order valence-corrected chi connectivity index (χ2v) is 5.48. The van der Waals surface area contributed by atoms with Gasteiger partial charge in [0.25, 0.3) is 0 Å². The van der Waals surface area contributed by atoms with Crippen LogP contribution in [0.15, 0.2) is 72.5 Å². The van der Waals surface area contributed by atoms with Crippen LogP contribution >= 0.6 is 0 Å². The van der Waals surface area contributed by atoms with E-state index in [1.807, 2.05) is 72.5 Å². The van der Waals surface area contributed by atoms with E-state index in [1.165, 1.54) is 0 Å². The van der Waals surface area contributed by atoms with Crippen LogP contribution in [-0.2, 0) is 16.1 Å². The summed E-state index contributed by atoms with van der Waals surface area (Å²) in [5, 5.41) is 0. The van der Waals surface area contributed by atoms with Crippen molar-refractivity contribution < 1.29 is 9.53 Å². The topological polar surface area (TPSA) is 29.5 Å². The molecule has 0 bridgehead atoms. The van der Waals surface area contributed by atoms with Crippen LogP contribution in [0.2, 0.25) is 0 Å². The summed E-state index contributed by atoms with van der Waals surface area (Å²) in [5.74, 6) is 0.159. The Labute approximate surface area is 130 Å². The minimum atomic E-state index is 0.102. The SMILES string of the molecule is C/C(=C/OCc1ccccc1)C1CC(=O)N1c1ccccc1. The van der Waals surface area contributed by atoms with Crippen LogP contribution in [0, 0.1) is 0 Å². The number of β-lactam (4-membered cyclic amide) rings is 1. The highest BCUT2D eigenvalue weighted by molar-refractivity contribution is 6.01. The Hall–Kier alpha value is -2.55. The van der Waals surface area contributed by atoms with E-state index in [-0.39, 0.29) is 11.9 Å². The third-order valence-corrected chi connectivity index (χ3v) is 3.87. The fraction of sp³-hybridized carbons (Fsp3) is 0.211. The van der Waals surface area contributed by atoms with Crippen molar-refractivity contribution in [3.8, 4) is 0 Å². The Morgan fingerprint density at radius 1 is 1.14 bits per heavy atom. The highest BCUT2D eigenvalue weighted by Gasteiger charge is 2.38. The molecule has 0 aliphatic carbocycles. The van der Waals surface area contributed by atoms with Crippen molar-refractivity contribution in [3.63, 3.8) is 0 Å². The molecule has 1 aliphatic heterocycles. The molecule has 1 atom stereocenters. The number of para-hydroxylation sites is 1. The van der Waals surface area contributed by atoms with Gasteiger partial charge in [0.15, 0.2) is 0 Å². The summed E-state index contributed by atoms with van der Waals surface area (Å²) in [7, 11) is 0. The number of rotatable bonds is 5. The van der Waals surface area contributed by atoms with E-state index in [1.54, 1.807) is 6.26 Å². The standard InChI is InChI=1S/C19H19NO2/c1-15(13-22-14-16-8-4-2-5-9-16)18-12-19(21)20(18)17-10-6-3-7-11-17/h2-11,13,18H,12,14H2,1H3/b15-13-. The van der Waals surface area contributed by atoms with Gasteiger partial charge >= 0.3 is 0 Å². The van der Waals surface area contributed by atoms with E-state index < -0.39 is 0 Å². The van der Waals surface area contributed by atoms with Gasteiger partial charge in [-0.05, 0) is 30.2 Å². The van der Waals surface area contributed by atoms with E-state index >= 15 is 0 Å². The van der Waals surface area contributed by atoms with Crippen LogP contribution < -0.4 is 4.90 Å². The first-order valence-electron chi connectivity index (χ1n) is 7.45. The third kappa shape index (κ3) is 3.03. The number of hydrogen-bond donors (Lipinski definition) is 0. The molecule has 22 heavy (non-hydrogen) atoms. The van der Waals surface area contributed by atoms with Crippen molar-refractivity contribution in [1.29, 1.82) is 0 Å². The zero-order chi connectivity index (χ0) is 15.4. The van der Waals surface area contributed by atoms with Gasteiger partial charge in [-0.3, -0.25) is 4.79 Å². The zero-order valence-electron chi connectivity index (χ0n) is 12.6. The molecule has 1 fully saturated rings. The Balaban J connectivity index is 1.63. The number of anilines is 1. The van der Waals surface area contributed by atoms with Crippen molar-refractivity contribution in [3.05, 3.63) is 78.1 Å². The normalized spacial score (nSPS) is 18.0.